The normalized spacial score (nSPS) is 21.3. The highest BCUT2D eigenvalue weighted by molar-refractivity contribution is 5.19. The van der Waals surface area contributed by atoms with E-state index in [1.807, 2.05) is 6.92 Å². The molecule has 0 bridgehead atoms. The van der Waals surface area contributed by atoms with Crippen molar-refractivity contribution in [2.45, 2.75) is 32.2 Å². The monoisotopic (exact) mass is 269 g/mol. The second-order valence-corrected chi connectivity index (χ2v) is 5.12. The molecule has 0 radical (unpaired) electrons. The van der Waals surface area contributed by atoms with Crippen molar-refractivity contribution in [3.63, 3.8) is 0 Å². The zero-order valence-electron chi connectivity index (χ0n) is 11.3. The molecule has 106 valence electrons. The van der Waals surface area contributed by atoms with Gasteiger partial charge in [-0.3, -0.25) is 0 Å². The number of halogens is 2. The van der Waals surface area contributed by atoms with Crippen molar-refractivity contribution in [3.8, 4) is 0 Å². The maximum atomic E-state index is 13.2. The summed E-state index contributed by atoms with van der Waals surface area (Å²) in [5.41, 5.74) is 0.703. The molecule has 19 heavy (non-hydrogen) atoms. The Morgan fingerprint density at radius 2 is 2.05 bits per heavy atom. The van der Waals surface area contributed by atoms with Crippen molar-refractivity contribution in [1.82, 2.24) is 5.32 Å². The summed E-state index contributed by atoms with van der Waals surface area (Å²) < 4.78 is 31.9. The minimum absolute atomic E-state index is 0.214. The minimum Gasteiger partial charge on any atom is -0.381 e. The van der Waals surface area contributed by atoms with Crippen molar-refractivity contribution < 1.29 is 13.5 Å². The molecule has 2 rings (SSSR count). The Morgan fingerprint density at radius 3 is 2.63 bits per heavy atom. The first-order valence-electron chi connectivity index (χ1n) is 6.95. The van der Waals surface area contributed by atoms with Crippen molar-refractivity contribution in [1.29, 1.82) is 0 Å². The van der Waals surface area contributed by atoms with Crippen LogP contribution < -0.4 is 5.32 Å². The predicted molar refractivity (Wildman–Crippen MR) is 71.1 cm³/mol. The quantitative estimate of drug-likeness (QED) is 0.887. The fourth-order valence-electron chi connectivity index (χ4n) is 2.73. The minimum atomic E-state index is -0.509. The molecule has 0 saturated carbocycles. The molecule has 1 aromatic rings. The lowest BCUT2D eigenvalue weighted by Crippen LogP contribution is -2.41. The smallest absolute Gasteiger partial charge is 0.126 e. The van der Waals surface area contributed by atoms with E-state index in [9.17, 15) is 8.78 Å². The SMILES string of the molecule is CCNC(Cc1cc(F)cc(F)c1)C1CCCOC1. The lowest BCUT2D eigenvalue weighted by molar-refractivity contribution is 0.0396. The third-order valence-corrected chi connectivity index (χ3v) is 3.61. The lowest BCUT2D eigenvalue weighted by atomic mass is 9.89. The number of nitrogens with one attached hydrogen (secondary N) is 1. The molecule has 1 fully saturated rings. The van der Waals surface area contributed by atoms with Gasteiger partial charge in [0, 0.05) is 18.7 Å². The van der Waals surface area contributed by atoms with Gasteiger partial charge in [-0.1, -0.05) is 6.92 Å². The molecule has 4 heteroatoms. The van der Waals surface area contributed by atoms with Gasteiger partial charge < -0.3 is 10.1 Å². The van der Waals surface area contributed by atoms with Gasteiger partial charge in [-0.25, -0.2) is 8.78 Å². The summed E-state index contributed by atoms with van der Waals surface area (Å²) in [6, 6.07) is 3.95. The van der Waals surface area contributed by atoms with Crippen LogP contribution in [-0.2, 0) is 11.2 Å². The summed E-state index contributed by atoms with van der Waals surface area (Å²) in [7, 11) is 0. The number of ether oxygens (including phenoxy) is 1. The largest absolute Gasteiger partial charge is 0.381 e. The van der Waals surface area contributed by atoms with E-state index in [1.54, 1.807) is 0 Å². The molecule has 1 aliphatic heterocycles. The van der Waals surface area contributed by atoms with Gasteiger partial charge in [0.1, 0.15) is 11.6 Å². The maximum Gasteiger partial charge on any atom is 0.126 e. The van der Waals surface area contributed by atoms with Crippen LogP contribution in [0.4, 0.5) is 8.78 Å². The van der Waals surface area contributed by atoms with Crippen LogP contribution >= 0.6 is 0 Å². The van der Waals surface area contributed by atoms with E-state index in [2.05, 4.69) is 5.32 Å². The first kappa shape index (κ1) is 14.4. The molecule has 1 aliphatic rings. The van der Waals surface area contributed by atoms with Gasteiger partial charge in [-0.05, 0) is 49.4 Å². The van der Waals surface area contributed by atoms with E-state index >= 15 is 0 Å². The molecule has 0 aromatic heterocycles. The van der Waals surface area contributed by atoms with Crippen molar-refractivity contribution in [2.24, 2.45) is 5.92 Å². The Bertz CT molecular complexity index is 385. The van der Waals surface area contributed by atoms with Crippen LogP contribution in [0.25, 0.3) is 0 Å². The van der Waals surface area contributed by atoms with E-state index < -0.39 is 11.6 Å². The predicted octanol–water partition coefficient (Wildman–Crippen LogP) is 2.91. The molecular weight excluding hydrogens is 248 g/mol. The number of hydrogen-bond acceptors (Lipinski definition) is 2. The number of benzene rings is 1. The topological polar surface area (TPSA) is 21.3 Å². The molecule has 0 spiro atoms. The first-order valence-corrected chi connectivity index (χ1v) is 6.95. The standard InChI is InChI=1S/C15H21F2NO/c1-2-18-15(12-4-3-5-19-10-12)8-11-6-13(16)9-14(17)7-11/h6-7,9,12,15,18H,2-5,8,10H2,1H3. The Balaban J connectivity index is 2.06. The second kappa shape index (κ2) is 6.96. The van der Waals surface area contributed by atoms with Crippen LogP contribution in [0.1, 0.15) is 25.3 Å². The van der Waals surface area contributed by atoms with Crippen molar-refractivity contribution in [3.05, 3.63) is 35.4 Å². The van der Waals surface area contributed by atoms with Crippen LogP contribution in [0.3, 0.4) is 0 Å². The molecule has 2 unspecified atom stereocenters. The highest BCUT2D eigenvalue weighted by Gasteiger charge is 2.24. The maximum absolute atomic E-state index is 13.2. The van der Waals surface area contributed by atoms with Gasteiger partial charge in [0.2, 0.25) is 0 Å². The fourth-order valence-corrected chi connectivity index (χ4v) is 2.73. The van der Waals surface area contributed by atoms with Gasteiger partial charge >= 0.3 is 0 Å². The molecule has 2 nitrogen and oxygen atoms in total. The van der Waals surface area contributed by atoms with Crippen LogP contribution in [0, 0.1) is 17.6 Å². The Labute approximate surface area is 113 Å². The molecule has 1 N–H and O–H groups in total. The van der Waals surface area contributed by atoms with Crippen LogP contribution in [0.5, 0.6) is 0 Å². The highest BCUT2D eigenvalue weighted by Crippen LogP contribution is 2.21. The summed E-state index contributed by atoms with van der Waals surface area (Å²) in [5, 5.41) is 3.41. The van der Waals surface area contributed by atoms with Crippen LogP contribution in [0.2, 0.25) is 0 Å². The third kappa shape index (κ3) is 4.25. The molecule has 2 atom stereocenters. The molecule has 1 aromatic carbocycles. The van der Waals surface area contributed by atoms with E-state index in [4.69, 9.17) is 4.74 Å². The zero-order valence-corrected chi connectivity index (χ0v) is 11.3. The average Bonchev–Trinajstić information content (AvgIpc) is 2.38. The molecule has 1 saturated heterocycles. The Kier molecular flexibility index (Phi) is 5.28. The van der Waals surface area contributed by atoms with Crippen LogP contribution in [-0.4, -0.2) is 25.8 Å². The van der Waals surface area contributed by atoms with Gasteiger partial charge in [-0.2, -0.15) is 0 Å². The van der Waals surface area contributed by atoms with E-state index in [1.165, 1.54) is 12.1 Å². The molecule has 1 heterocycles. The number of likely N-dealkylation sites (N-methyl/N-ethyl adjacent to an activating group) is 1. The van der Waals surface area contributed by atoms with Gasteiger partial charge in [0.15, 0.2) is 0 Å². The van der Waals surface area contributed by atoms with Crippen molar-refractivity contribution >= 4 is 0 Å². The summed E-state index contributed by atoms with van der Waals surface area (Å²) in [6.07, 6.45) is 2.80. The molecule has 0 aliphatic carbocycles. The Morgan fingerprint density at radius 1 is 1.32 bits per heavy atom. The number of hydrogen-bond donors (Lipinski definition) is 1. The zero-order chi connectivity index (χ0) is 13.7. The second-order valence-electron chi connectivity index (χ2n) is 5.12. The highest BCUT2D eigenvalue weighted by atomic mass is 19.1. The summed E-state index contributed by atoms with van der Waals surface area (Å²) in [4.78, 5) is 0. The van der Waals surface area contributed by atoms with E-state index in [-0.39, 0.29) is 6.04 Å². The summed E-state index contributed by atoms with van der Waals surface area (Å²) >= 11 is 0. The van der Waals surface area contributed by atoms with Gasteiger partial charge in [0.25, 0.3) is 0 Å². The average molecular weight is 269 g/mol. The summed E-state index contributed by atoms with van der Waals surface area (Å²) in [6.45, 7) is 4.45. The van der Waals surface area contributed by atoms with Crippen LogP contribution in [0.15, 0.2) is 18.2 Å². The molecule has 0 amide bonds. The molecular formula is C15H21F2NO. The third-order valence-electron chi connectivity index (χ3n) is 3.61. The van der Waals surface area contributed by atoms with Crippen molar-refractivity contribution in [2.75, 3.05) is 19.8 Å². The fraction of sp³-hybridized carbons (Fsp3) is 0.600. The lowest BCUT2D eigenvalue weighted by Gasteiger charge is -2.31. The first-order chi connectivity index (χ1) is 9.19. The van der Waals surface area contributed by atoms with E-state index in [0.29, 0.717) is 17.9 Å². The van der Waals surface area contributed by atoms with Gasteiger partial charge in [0.05, 0.1) is 6.61 Å². The van der Waals surface area contributed by atoms with Gasteiger partial charge in [-0.15, -0.1) is 0 Å². The number of rotatable bonds is 5. The Hall–Kier alpha value is -1.00. The van der Waals surface area contributed by atoms with E-state index in [0.717, 1.165) is 38.7 Å². The summed E-state index contributed by atoms with van der Waals surface area (Å²) in [5.74, 6) is -0.602.